The first-order valence-corrected chi connectivity index (χ1v) is 9.46. The summed E-state index contributed by atoms with van der Waals surface area (Å²) in [4.78, 5) is 28.5. The van der Waals surface area contributed by atoms with Gasteiger partial charge in [0.15, 0.2) is 0 Å². The second kappa shape index (κ2) is 8.44. The van der Waals surface area contributed by atoms with Crippen LogP contribution >= 0.6 is 11.6 Å². The van der Waals surface area contributed by atoms with Crippen LogP contribution in [0.25, 0.3) is 0 Å². The van der Waals surface area contributed by atoms with Crippen LogP contribution < -0.4 is 10.2 Å². The lowest BCUT2D eigenvalue weighted by molar-refractivity contribution is -0.132. The van der Waals surface area contributed by atoms with Crippen LogP contribution in [-0.2, 0) is 16.0 Å². The monoisotopic (exact) mass is 385 g/mol. The van der Waals surface area contributed by atoms with Crippen LogP contribution in [0.4, 0.5) is 11.4 Å². The molecule has 2 aromatic rings. The first-order chi connectivity index (χ1) is 13.0. The molecule has 1 aliphatic rings. The molecule has 1 heterocycles. The number of likely N-dealkylation sites (N-methyl/N-ethyl adjacent to an activating group) is 1. The van der Waals surface area contributed by atoms with Crippen LogP contribution in [0.5, 0.6) is 0 Å². The number of benzene rings is 2. The number of carbonyl (C=O) groups is 2. The molecule has 0 saturated carbocycles. The minimum atomic E-state index is -0.272. The Morgan fingerprint density at radius 1 is 1.19 bits per heavy atom. The van der Waals surface area contributed by atoms with E-state index in [-0.39, 0.29) is 30.9 Å². The quantitative estimate of drug-likeness (QED) is 0.855. The van der Waals surface area contributed by atoms with Gasteiger partial charge in [-0.2, -0.15) is 0 Å². The second-order valence-electron chi connectivity index (χ2n) is 6.92. The number of amides is 2. The molecule has 142 valence electrons. The van der Waals surface area contributed by atoms with Gasteiger partial charge in [0.25, 0.3) is 0 Å². The third-order valence-corrected chi connectivity index (χ3v) is 5.25. The van der Waals surface area contributed by atoms with Gasteiger partial charge in [-0.15, -0.1) is 0 Å². The Balaban J connectivity index is 1.61. The van der Waals surface area contributed by atoms with Gasteiger partial charge in [0.05, 0.1) is 23.8 Å². The van der Waals surface area contributed by atoms with Gasteiger partial charge < -0.3 is 15.1 Å². The van der Waals surface area contributed by atoms with Crippen LogP contribution in [0.1, 0.15) is 18.9 Å². The van der Waals surface area contributed by atoms with Crippen molar-refractivity contribution in [1.82, 2.24) is 4.90 Å². The molecule has 0 unspecified atom stereocenters. The lowest BCUT2D eigenvalue weighted by Gasteiger charge is -2.37. The highest BCUT2D eigenvalue weighted by molar-refractivity contribution is 6.33. The fraction of sp³-hybridized carbons (Fsp3) is 0.333. The minimum absolute atomic E-state index is 0.0199. The molecular formula is C21H24ClN3O2. The highest BCUT2D eigenvalue weighted by Crippen LogP contribution is 2.30. The average Bonchev–Trinajstić information content (AvgIpc) is 2.65. The number of nitrogens with one attached hydrogen (secondary N) is 1. The van der Waals surface area contributed by atoms with E-state index in [1.807, 2.05) is 12.1 Å². The van der Waals surface area contributed by atoms with Crippen molar-refractivity contribution in [2.75, 3.05) is 30.4 Å². The number of fused-ring (bicyclic) bond motifs is 1. The summed E-state index contributed by atoms with van der Waals surface area (Å²) in [7, 11) is 1.65. The summed E-state index contributed by atoms with van der Waals surface area (Å²) < 4.78 is 0. The molecular weight excluding hydrogens is 362 g/mol. The fourth-order valence-corrected chi connectivity index (χ4v) is 3.51. The van der Waals surface area contributed by atoms with E-state index in [0.717, 1.165) is 18.5 Å². The van der Waals surface area contributed by atoms with Crippen molar-refractivity contribution in [3.05, 3.63) is 59.1 Å². The van der Waals surface area contributed by atoms with E-state index in [1.165, 1.54) is 10.5 Å². The van der Waals surface area contributed by atoms with E-state index in [2.05, 4.69) is 29.3 Å². The number of halogens is 1. The lowest BCUT2D eigenvalue weighted by Crippen LogP contribution is -2.46. The van der Waals surface area contributed by atoms with Crippen molar-refractivity contribution in [3.8, 4) is 0 Å². The standard InChI is InChI=1S/C21H24ClN3O2/c1-15-11-12-16-7-3-6-10-19(16)25(15)14-21(27)24(2)13-20(26)23-18-9-5-4-8-17(18)22/h3-10,15H,11-14H2,1-2H3,(H,23,26)/t15-/m0/s1. The predicted octanol–water partition coefficient (Wildman–Crippen LogP) is 3.58. The van der Waals surface area contributed by atoms with Gasteiger partial charge in [0.2, 0.25) is 11.8 Å². The fourth-order valence-electron chi connectivity index (χ4n) is 3.32. The van der Waals surface area contributed by atoms with Gasteiger partial charge in [-0.3, -0.25) is 9.59 Å². The summed E-state index contributed by atoms with van der Waals surface area (Å²) >= 11 is 6.06. The van der Waals surface area contributed by atoms with Gasteiger partial charge in [0, 0.05) is 18.8 Å². The molecule has 5 nitrogen and oxygen atoms in total. The van der Waals surface area contributed by atoms with E-state index < -0.39 is 0 Å². The van der Waals surface area contributed by atoms with Crippen molar-refractivity contribution in [1.29, 1.82) is 0 Å². The highest BCUT2D eigenvalue weighted by Gasteiger charge is 2.26. The van der Waals surface area contributed by atoms with Crippen molar-refractivity contribution in [3.63, 3.8) is 0 Å². The zero-order chi connectivity index (χ0) is 19.4. The van der Waals surface area contributed by atoms with Gasteiger partial charge in [-0.25, -0.2) is 0 Å². The maximum atomic E-state index is 12.7. The number of nitrogens with zero attached hydrogens (tertiary/aromatic N) is 2. The first-order valence-electron chi connectivity index (χ1n) is 9.08. The Kier molecular flexibility index (Phi) is 6.01. The van der Waals surface area contributed by atoms with E-state index >= 15 is 0 Å². The third-order valence-electron chi connectivity index (χ3n) is 4.92. The zero-order valence-electron chi connectivity index (χ0n) is 15.6. The molecule has 27 heavy (non-hydrogen) atoms. The molecule has 2 amide bonds. The summed E-state index contributed by atoms with van der Waals surface area (Å²) in [6.07, 6.45) is 2.04. The smallest absolute Gasteiger partial charge is 0.244 e. The molecule has 3 rings (SSSR count). The van der Waals surface area contributed by atoms with Crippen molar-refractivity contribution >= 4 is 34.8 Å². The molecule has 0 aliphatic carbocycles. The van der Waals surface area contributed by atoms with Crippen LogP contribution in [0.15, 0.2) is 48.5 Å². The molecule has 0 aromatic heterocycles. The summed E-state index contributed by atoms with van der Waals surface area (Å²) in [6.45, 7) is 2.37. The van der Waals surface area contributed by atoms with Gasteiger partial charge in [-0.1, -0.05) is 41.9 Å². The first kappa shape index (κ1) is 19.2. The molecule has 0 saturated heterocycles. The molecule has 1 aliphatic heterocycles. The number of aryl methyl sites for hydroxylation is 1. The van der Waals surface area contributed by atoms with Crippen molar-refractivity contribution in [2.45, 2.75) is 25.8 Å². The van der Waals surface area contributed by atoms with Crippen molar-refractivity contribution < 1.29 is 9.59 Å². The Bertz CT molecular complexity index is 840. The van der Waals surface area contributed by atoms with Crippen LogP contribution in [-0.4, -0.2) is 42.9 Å². The van der Waals surface area contributed by atoms with E-state index in [1.54, 1.807) is 31.3 Å². The molecule has 0 fully saturated rings. The molecule has 0 spiro atoms. The maximum Gasteiger partial charge on any atom is 0.244 e. The number of para-hydroxylation sites is 2. The zero-order valence-corrected chi connectivity index (χ0v) is 16.4. The SMILES string of the molecule is C[C@H]1CCc2ccccc2N1CC(=O)N(C)CC(=O)Nc1ccccc1Cl. The number of hydrogen-bond donors (Lipinski definition) is 1. The minimum Gasteiger partial charge on any atom is -0.359 e. The number of carbonyl (C=O) groups excluding carboxylic acids is 2. The molecule has 0 radical (unpaired) electrons. The van der Waals surface area contributed by atoms with Gasteiger partial charge in [-0.05, 0) is 43.5 Å². The van der Waals surface area contributed by atoms with Crippen LogP contribution in [0.2, 0.25) is 5.02 Å². The number of hydrogen-bond acceptors (Lipinski definition) is 3. The van der Waals surface area contributed by atoms with Gasteiger partial charge >= 0.3 is 0 Å². The van der Waals surface area contributed by atoms with E-state index in [4.69, 9.17) is 11.6 Å². The number of anilines is 2. The molecule has 2 aromatic carbocycles. The predicted molar refractivity (Wildman–Crippen MR) is 109 cm³/mol. The Morgan fingerprint density at radius 3 is 2.67 bits per heavy atom. The van der Waals surface area contributed by atoms with Crippen molar-refractivity contribution in [2.24, 2.45) is 0 Å². The topological polar surface area (TPSA) is 52.7 Å². The normalized spacial score (nSPS) is 15.8. The molecule has 6 heteroatoms. The molecule has 0 bridgehead atoms. The van der Waals surface area contributed by atoms with Crippen LogP contribution in [0.3, 0.4) is 0 Å². The van der Waals surface area contributed by atoms with Gasteiger partial charge in [0.1, 0.15) is 0 Å². The Morgan fingerprint density at radius 2 is 1.89 bits per heavy atom. The summed E-state index contributed by atoms with van der Waals surface area (Å²) in [5.41, 5.74) is 2.92. The van der Waals surface area contributed by atoms with E-state index in [0.29, 0.717) is 10.7 Å². The Labute approximate surface area is 164 Å². The largest absolute Gasteiger partial charge is 0.359 e. The molecule has 1 N–H and O–H groups in total. The van der Waals surface area contributed by atoms with Crippen LogP contribution in [0, 0.1) is 0 Å². The summed E-state index contributed by atoms with van der Waals surface area (Å²) in [5.74, 6) is -0.362. The molecule has 1 atom stereocenters. The summed E-state index contributed by atoms with van der Waals surface area (Å²) in [6, 6.07) is 15.5. The average molecular weight is 386 g/mol. The third kappa shape index (κ3) is 4.61. The highest BCUT2D eigenvalue weighted by atomic mass is 35.5. The summed E-state index contributed by atoms with van der Waals surface area (Å²) in [5, 5.41) is 3.22. The number of rotatable bonds is 5. The maximum absolute atomic E-state index is 12.7. The van der Waals surface area contributed by atoms with E-state index in [9.17, 15) is 9.59 Å². The second-order valence-corrected chi connectivity index (χ2v) is 7.33. The lowest BCUT2D eigenvalue weighted by atomic mass is 9.96. The Hall–Kier alpha value is -2.53.